The van der Waals surface area contributed by atoms with E-state index in [4.69, 9.17) is 14.2 Å². The highest BCUT2D eigenvalue weighted by atomic mass is 16.5. The second kappa shape index (κ2) is 10.7. The van der Waals surface area contributed by atoms with E-state index < -0.39 is 0 Å². The summed E-state index contributed by atoms with van der Waals surface area (Å²) in [5, 5.41) is 0. The van der Waals surface area contributed by atoms with Crippen LogP contribution >= 0.6 is 0 Å². The van der Waals surface area contributed by atoms with Gasteiger partial charge in [0, 0.05) is 25.7 Å². The summed E-state index contributed by atoms with van der Waals surface area (Å²) in [5.41, 5.74) is 0.952. The normalized spacial score (nSPS) is 21.0. The first-order valence-electron chi connectivity index (χ1n) is 11.6. The maximum Gasteiger partial charge on any atom is 0.227 e. The average molecular weight is 439 g/mol. The van der Waals surface area contributed by atoms with E-state index in [1.165, 1.54) is 19.3 Å². The van der Waals surface area contributed by atoms with Crippen molar-refractivity contribution in [2.75, 3.05) is 47.0 Å². The third-order valence-corrected chi connectivity index (χ3v) is 6.69. The highest BCUT2D eigenvalue weighted by Gasteiger charge is 2.39. The van der Waals surface area contributed by atoms with Crippen molar-refractivity contribution < 1.29 is 19.0 Å². The Labute approximate surface area is 191 Å². The van der Waals surface area contributed by atoms with Gasteiger partial charge in [-0.3, -0.25) is 9.69 Å². The number of nitrogens with zero attached hydrogens (tertiary/aromatic N) is 2. The summed E-state index contributed by atoms with van der Waals surface area (Å²) < 4.78 is 16.6. The van der Waals surface area contributed by atoms with Gasteiger partial charge in [0.1, 0.15) is 12.4 Å². The fourth-order valence-corrected chi connectivity index (χ4v) is 4.99. The Morgan fingerprint density at radius 2 is 1.81 bits per heavy atom. The van der Waals surface area contributed by atoms with Gasteiger partial charge in [0.05, 0.1) is 20.6 Å². The van der Waals surface area contributed by atoms with Crippen molar-refractivity contribution in [3.05, 3.63) is 54.1 Å². The molecule has 6 heteroatoms. The van der Waals surface area contributed by atoms with E-state index in [-0.39, 0.29) is 5.91 Å². The van der Waals surface area contributed by atoms with Gasteiger partial charge in [0.2, 0.25) is 5.91 Å². The Morgan fingerprint density at radius 3 is 2.59 bits per heavy atom. The second-order valence-electron chi connectivity index (χ2n) is 8.69. The predicted molar refractivity (Wildman–Crippen MR) is 124 cm³/mol. The van der Waals surface area contributed by atoms with E-state index in [0.717, 1.165) is 37.5 Å². The van der Waals surface area contributed by atoms with Crippen LogP contribution in [-0.4, -0.2) is 68.8 Å². The molecule has 0 saturated carbocycles. The number of ether oxygens (including phenoxy) is 3. The zero-order valence-corrected chi connectivity index (χ0v) is 19.2. The SMILES string of the molecule is COc1ccc(CC(=O)N2C[C@@H]3CCCCN(CCOc4ccccc4)[C@@H]3C2)cc1OC. The highest BCUT2D eigenvalue weighted by molar-refractivity contribution is 5.79. The van der Waals surface area contributed by atoms with E-state index in [1.807, 2.05) is 48.5 Å². The molecule has 0 radical (unpaired) electrons. The number of para-hydroxylation sites is 1. The number of carbonyl (C=O) groups is 1. The first-order valence-corrected chi connectivity index (χ1v) is 11.6. The van der Waals surface area contributed by atoms with Crippen LogP contribution in [0.15, 0.2) is 48.5 Å². The van der Waals surface area contributed by atoms with Crippen molar-refractivity contribution in [3.63, 3.8) is 0 Å². The molecule has 0 N–H and O–H groups in total. The Hall–Kier alpha value is -2.73. The molecule has 0 bridgehead atoms. The van der Waals surface area contributed by atoms with Crippen LogP contribution in [0, 0.1) is 5.92 Å². The number of hydrogen-bond acceptors (Lipinski definition) is 5. The number of likely N-dealkylation sites (tertiary alicyclic amines) is 2. The van der Waals surface area contributed by atoms with E-state index in [1.54, 1.807) is 14.2 Å². The van der Waals surface area contributed by atoms with Gasteiger partial charge < -0.3 is 19.1 Å². The lowest BCUT2D eigenvalue weighted by Crippen LogP contribution is -2.43. The maximum atomic E-state index is 13.1. The van der Waals surface area contributed by atoms with Gasteiger partial charge in [-0.15, -0.1) is 0 Å². The van der Waals surface area contributed by atoms with Gasteiger partial charge in [0.25, 0.3) is 0 Å². The molecule has 172 valence electrons. The maximum absolute atomic E-state index is 13.1. The molecular formula is C26H34N2O4. The molecule has 0 aliphatic carbocycles. The lowest BCUT2D eigenvalue weighted by Gasteiger charge is -2.29. The fraction of sp³-hybridized carbons (Fsp3) is 0.500. The molecule has 0 unspecified atom stereocenters. The molecule has 2 aromatic rings. The quantitative estimate of drug-likeness (QED) is 0.630. The van der Waals surface area contributed by atoms with E-state index >= 15 is 0 Å². The highest BCUT2D eigenvalue weighted by Crippen LogP contribution is 2.31. The standard InChI is InChI=1S/C26H34N2O4/c1-30-24-12-11-20(16-25(24)31-2)17-26(29)28-18-21-8-6-7-13-27(23(21)19-28)14-15-32-22-9-4-3-5-10-22/h3-5,9-12,16,21,23H,6-8,13-15,17-19H2,1-2H3/t21-,23+/m0/s1. The summed E-state index contributed by atoms with van der Waals surface area (Å²) in [6.45, 7) is 4.31. The molecule has 2 aliphatic rings. The molecule has 2 aromatic carbocycles. The van der Waals surface area contributed by atoms with Crippen LogP contribution in [-0.2, 0) is 11.2 Å². The van der Waals surface area contributed by atoms with Crippen molar-refractivity contribution in [3.8, 4) is 17.2 Å². The third-order valence-electron chi connectivity index (χ3n) is 6.69. The number of rotatable bonds is 8. The Morgan fingerprint density at radius 1 is 1.00 bits per heavy atom. The van der Waals surface area contributed by atoms with Gasteiger partial charge in [-0.05, 0) is 55.1 Å². The molecule has 0 aromatic heterocycles. The summed E-state index contributed by atoms with van der Waals surface area (Å²) in [6, 6.07) is 16.1. The summed E-state index contributed by atoms with van der Waals surface area (Å²) in [4.78, 5) is 17.7. The van der Waals surface area contributed by atoms with E-state index in [0.29, 0.717) is 36.5 Å². The first-order chi connectivity index (χ1) is 15.7. The van der Waals surface area contributed by atoms with Crippen LogP contribution < -0.4 is 14.2 Å². The van der Waals surface area contributed by atoms with Gasteiger partial charge in [-0.2, -0.15) is 0 Å². The summed E-state index contributed by atoms with van der Waals surface area (Å²) >= 11 is 0. The zero-order valence-electron chi connectivity index (χ0n) is 19.2. The summed E-state index contributed by atoms with van der Waals surface area (Å²) in [7, 11) is 3.24. The van der Waals surface area contributed by atoms with Crippen molar-refractivity contribution in [2.24, 2.45) is 5.92 Å². The molecular weight excluding hydrogens is 404 g/mol. The van der Waals surface area contributed by atoms with Crippen molar-refractivity contribution in [1.29, 1.82) is 0 Å². The number of amides is 1. The lowest BCUT2D eigenvalue weighted by atomic mass is 9.98. The fourth-order valence-electron chi connectivity index (χ4n) is 4.99. The molecule has 2 saturated heterocycles. The monoisotopic (exact) mass is 438 g/mol. The number of hydrogen-bond donors (Lipinski definition) is 0. The van der Waals surface area contributed by atoms with Crippen molar-refractivity contribution >= 4 is 5.91 Å². The minimum Gasteiger partial charge on any atom is -0.493 e. The van der Waals surface area contributed by atoms with Gasteiger partial charge in [-0.25, -0.2) is 0 Å². The zero-order chi connectivity index (χ0) is 22.3. The number of carbonyl (C=O) groups excluding carboxylic acids is 1. The van der Waals surface area contributed by atoms with Gasteiger partial charge in [-0.1, -0.05) is 30.7 Å². The van der Waals surface area contributed by atoms with Crippen LogP contribution in [0.1, 0.15) is 24.8 Å². The smallest absolute Gasteiger partial charge is 0.227 e. The van der Waals surface area contributed by atoms with Crippen LogP contribution in [0.4, 0.5) is 0 Å². The first kappa shape index (κ1) is 22.5. The minimum atomic E-state index is 0.186. The minimum absolute atomic E-state index is 0.186. The Kier molecular flexibility index (Phi) is 7.53. The largest absolute Gasteiger partial charge is 0.493 e. The molecule has 2 heterocycles. The average Bonchev–Trinajstić information content (AvgIpc) is 3.16. The van der Waals surface area contributed by atoms with Crippen LogP contribution in [0.2, 0.25) is 0 Å². The number of benzene rings is 2. The second-order valence-corrected chi connectivity index (χ2v) is 8.69. The molecule has 2 aliphatic heterocycles. The predicted octanol–water partition coefficient (Wildman–Crippen LogP) is 3.64. The molecule has 2 atom stereocenters. The number of methoxy groups -OCH3 is 2. The van der Waals surface area contributed by atoms with Gasteiger partial charge >= 0.3 is 0 Å². The summed E-state index contributed by atoms with van der Waals surface area (Å²) in [5.74, 6) is 2.99. The number of fused-ring (bicyclic) bond motifs is 1. The lowest BCUT2D eigenvalue weighted by molar-refractivity contribution is -0.129. The third kappa shape index (κ3) is 5.36. The topological polar surface area (TPSA) is 51.2 Å². The molecule has 1 amide bonds. The molecule has 6 nitrogen and oxygen atoms in total. The molecule has 0 spiro atoms. The summed E-state index contributed by atoms with van der Waals surface area (Å²) in [6.07, 6.45) is 4.03. The Balaban J connectivity index is 1.35. The van der Waals surface area contributed by atoms with Crippen molar-refractivity contribution in [1.82, 2.24) is 9.80 Å². The molecule has 2 fully saturated rings. The van der Waals surface area contributed by atoms with Crippen LogP contribution in [0.25, 0.3) is 0 Å². The Bertz CT molecular complexity index is 889. The van der Waals surface area contributed by atoms with Crippen LogP contribution in [0.3, 0.4) is 0 Å². The van der Waals surface area contributed by atoms with Crippen LogP contribution in [0.5, 0.6) is 17.2 Å². The van der Waals surface area contributed by atoms with E-state index in [9.17, 15) is 4.79 Å². The molecule has 32 heavy (non-hydrogen) atoms. The van der Waals surface area contributed by atoms with E-state index in [2.05, 4.69) is 9.80 Å². The van der Waals surface area contributed by atoms with Gasteiger partial charge in [0.15, 0.2) is 11.5 Å². The van der Waals surface area contributed by atoms with Crippen molar-refractivity contribution in [2.45, 2.75) is 31.7 Å². The molecule has 4 rings (SSSR count).